The quantitative estimate of drug-likeness (QED) is 0.789. The largest absolute Gasteiger partial charge is 0.253 e. The van der Waals surface area contributed by atoms with Gasteiger partial charge in [0.1, 0.15) is 0 Å². The highest BCUT2D eigenvalue weighted by atomic mass is 35.5. The molecule has 0 spiro atoms. The third kappa shape index (κ3) is 3.24. The zero-order valence-corrected chi connectivity index (χ0v) is 8.28. The molecule has 0 aromatic heterocycles. The minimum atomic E-state index is -2.45. The lowest BCUT2D eigenvalue weighted by Crippen LogP contribution is -1.98. The Morgan fingerprint density at radius 2 is 2.25 bits per heavy atom. The van der Waals surface area contributed by atoms with Crippen molar-refractivity contribution in [2.45, 2.75) is 5.75 Å². The smallest absolute Gasteiger partial charge is 0.0563 e. The number of hydrogen-bond donors (Lipinski definition) is 1. The van der Waals surface area contributed by atoms with Gasteiger partial charge in [0.05, 0.1) is 5.75 Å². The summed E-state index contributed by atoms with van der Waals surface area (Å²) < 4.78 is 18.3. The number of nitrogens with one attached hydrogen (secondary N) is 1. The van der Waals surface area contributed by atoms with E-state index in [-0.39, 0.29) is 5.75 Å². The maximum atomic E-state index is 11.1. The summed E-state index contributed by atoms with van der Waals surface area (Å²) >= 11 is 5.72. The van der Waals surface area contributed by atoms with Crippen molar-refractivity contribution < 1.29 is 4.21 Å². The van der Waals surface area contributed by atoms with Gasteiger partial charge in [-0.2, -0.15) is 0 Å². The molecule has 0 amide bonds. The standard InChI is InChI=1S/C8H10ClNOS/c1-12(10,11)6-7-3-2-4-8(9)5-7/h2-5,10H,6H2,1H3. The minimum Gasteiger partial charge on any atom is -0.253 e. The van der Waals surface area contributed by atoms with Crippen molar-refractivity contribution in [3.05, 3.63) is 34.9 Å². The molecule has 0 aliphatic heterocycles. The van der Waals surface area contributed by atoms with Crippen LogP contribution in [0.2, 0.25) is 5.02 Å². The molecular formula is C8H10ClNOS. The summed E-state index contributed by atoms with van der Waals surface area (Å²) in [7, 11) is -2.45. The van der Waals surface area contributed by atoms with E-state index in [2.05, 4.69) is 0 Å². The van der Waals surface area contributed by atoms with Gasteiger partial charge < -0.3 is 0 Å². The minimum absolute atomic E-state index is 0.271. The molecule has 1 rings (SSSR count). The van der Waals surface area contributed by atoms with Gasteiger partial charge in [-0.25, -0.2) is 4.21 Å². The molecule has 0 saturated carbocycles. The first-order valence-electron chi connectivity index (χ1n) is 3.43. The summed E-state index contributed by atoms with van der Waals surface area (Å²) in [6.07, 6.45) is 1.42. The Morgan fingerprint density at radius 1 is 1.58 bits per heavy atom. The van der Waals surface area contributed by atoms with E-state index in [4.69, 9.17) is 16.4 Å². The molecule has 4 heteroatoms. The van der Waals surface area contributed by atoms with Gasteiger partial charge in [-0.1, -0.05) is 23.7 Å². The van der Waals surface area contributed by atoms with Gasteiger partial charge in [0.25, 0.3) is 0 Å². The van der Waals surface area contributed by atoms with Crippen LogP contribution in [0.1, 0.15) is 5.56 Å². The van der Waals surface area contributed by atoms with Crippen LogP contribution in [0.25, 0.3) is 0 Å². The predicted molar refractivity (Wildman–Crippen MR) is 51.9 cm³/mol. The number of rotatable bonds is 2. The second-order valence-electron chi connectivity index (χ2n) is 2.78. The lowest BCUT2D eigenvalue weighted by atomic mass is 10.2. The number of halogens is 1. The summed E-state index contributed by atoms with van der Waals surface area (Å²) in [4.78, 5) is 0. The Kier molecular flexibility index (Phi) is 2.75. The molecule has 1 aromatic carbocycles. The van der Waals surface area contributed by atoms with Gasteiger partial charge in [-0.05, 0) is 17.7 Å². The van der Waals surface area contributed by atoms with Crippen molar-refractivity contribution in [1.82, 2.24) is 0 Å². The van der Waals surface area contributed by atoms with Crippen LogP contribution in [0.5, 0.6) is 0 Å². The SMILES string of the molecule is CS(=N)(=O)Cc1cccc(Cl)c1. The third-order valence-corrected chi connectivity index (χ3v) is 2.45. The Hall–Kier alpha value is -0.540. The molecule has 0 aliphatic rings. The summed E-state index contributed by atoms with van der Waals surface area (Å²) in [5, 5.41) is 0.621. The van der Waals surface area contributed by atoms with Gasteiger partial charge >= 0.3 is 0 Å². The van der Waals surface area contributed by atoms with E-state index in [1.165, 1.54) is 6.26 Å². The Labute approximate surface area is 77.5 Å². The third-order valence-electron chi connectivity index (χ3n) is 1.33. The average Bonchev–Trinajstić information content (AvgIpc) is 1.82. The van der Waals surface area contributed by atoms with Crippen LogP contribution in [0.15, 0.2) is 24.3 Å². The van der Waals surface area contributed by atoms with Crippen molar-refractivity contribution in [3.63, 3.8) is 0 Å². The molecule has 1 unspecified atom stereocenters. The Morgan fingerprint density at radius 3 is 2.75 bits per heavy atom. The second kappa shape index (κ2) is 3.46. The molecule has 0 aliphatic carbocycles. The van der Waals surface area contributed by atoms with Crippen molar-refractivity contribution in [3.8, 4) is 0 Å². The maximum absolute atomic E-state index is 11.1. The van der Waals surface area contributed by atoms with E-state index in [0.717, 1.165) is 5.56 Å². The number of benzene rings is 1. The van der Waals surface area contributed by atoms with Crippen LogP contribution in [-0.4, -0.2) is 10.5 Å². The highest BCUT2D eigenvalue weighted by Gasteiger charge is 2.00. The van der Waals surface area contributed by atoms with Gasteiger partial charge in [0.15, 0.2) is 0 Å². The van der Waals surface area contributed by atoms with Crippen LogP contribution < -0.4 is 0 Å². The summed E-state index contributed by atoms with van der Waals surface area (Å²) in [5.41, 5.74) is 0.852. The molecule has 1 aromatic rings. The van der Waals surface area contributed by atoms with Gasteiger partial charge in [-0.3, -0.25) is 4.78 Å². The highest BCUT2D eigenvalue weighted by molar-refractivity contribution is 7.90. The molecule has 0 bridgehead atoms. The van der Waals surface area contributed by atoms with Crippen molar-refractivity contribution >= 4 is 21.3 Å². The second-order valence-corrected chi connectivity index (χ2v) is 5.51. The fraction of sp³-hybridized carbons (Fsp3) is 0.250. The van der Waals surface area contributed by atoms with E-state index in [0.29, 0.717) is 5.02 Å². The van der Waals surface area contributed by atoms with E-state index in [1.807, 2.05) is 6.07 Å². The average molecular weight is 204 g/mol. The lowest BCUT2D eigenvalue weighted by molar-refractivity contribution is 0.678. The molecule has 2 nitrogen and oxygen atoms in total. The van der Waals surface area contributed by atoms with Crippen molar-refractivity contribution in [1.29, 1.82) is 4.78 Å². The Bertz CT molecular complexity index is 372. The van der Waals surface area contributed by atoms with Crippen LogP contribution in [0.4, 0.5) is 0 Å². The van der Waals surface area contributed by atoms with E-state index in [1.54, 1.807) is 18.2 Å². The monoisotopic (exact) mass is 203 g/mol. The molecule has 0 saturated heterocycles. The Balaban J connectivity index is 2.91. The predicted octanol–water partition coefficient (Wildman–Crippen LogP) is 2.52. The summed E-state index contributed by atoms with van der Waals surface area (Å²) in [5.74, 6) is 0.271. The molecular weight excluding hydrogens is 194 g/mol. The molecule has 12 heavy (non-hydrogen) atoms. The maximum Gasteiger partial charge on any atom is 0.0563 e. The van der Waals surface area contributed by atoms with Crippen molar-refractivity contribution in [2.75, 3.05) is 6.26 Å². The van der Waals surface area contributed by atoms with E-state index >= 15 is 0 Å². The molecule has 0 fully saturated rings. The highest BCUT2D eigenvalue weighted by Crippen LogP contribution is 2.12. The molecule has 1 N–H and O–H groups in total. The lowest BCUT2D eigenvalue weighted by Gasteiger charge is -2.00. The van der Waals surface area contributed by atoms with Gasteiger partial charge in [0, 0.05) is 21.0 Å². The van der Waals surface area contributed by atoms with Crippen molar-refractivity contribution in [2.24, 2.45) is 0 Å². The number of hydrogen-bond acceptors (Lipinski definition) is 2. The zero-order chi connectivity index (χ0) is 9.19. The van der Waals surface area contributed by atoms with E-state index < -0.39 is 9.73 Å². The molecule has 1 atom stereocenters. The molecule has 66 valence electrons. The first-order valence-corrected chi connectivity index (χ1v) is 5.95. The molecule has 0 radical (unpaired) electrons. The van der Waals surface area contributed by atoms with Crippen LogP contribution in [0.3, 0.4) is 0 Å². The fourth-order valence-corrected chi connectivity index (χ4v) is 1.97. The normalized spacial score (nSPS) is 15.5. The molecule has 0 heterocycles. The first kappa shape index (κ1) is 9.55. The van der Waals surface area contributed by atoms with Crippen LogP contribution in [0, 0.1) is 4.78 Å². The van der Waals surface area contributed by atoms with Gasteiger partial charge in [0.2, 0.25) is 0 Å². The first-order chi connectivity index (χ1) is 5.47. The van der Waals surface area contributed by atoms with Gasteiger partial charge in [-0.15, -0.1) is 0 Å². The zero-order valence-electron chi connectivity index (χ0n) is 6.71. The summed E-state index contributed by atoms with van der Waals surface area (Å²) in [6, 6.07) is 7.11. The van der Waals surface area contributed by atoms with Crippen LogP contribution in [-0.2, 0) is 15.5 Å². The summed E-state index contributed by atoms with van der Waals surface area (Å²) in [6.45, 7) is 0. The topological polar surface area (TPSA) is 40.9 Å². The fourth-order valence-electron chi connectivity index (χ4n) is 0.945. The van der Waals surface area contributed by atoms with E-state index in [9.17, 15) is 4.21 Å². The van der Waals surface area contributed by atoms with Crippen LogP contribution >= 0.6 is 11.6 Å².